The van der Waals surface area contributed by atoms with Gasteiger partial charge < -0.3 is 15.7 Å². The molecule has 0 aliphatic heterocycles. The third kappa shape index (κ3) is 2.88. The zero-order chi connectivity index (χ0) is 14.5. The lowest BCUT2D eigenvalue weighted by Crippen LogP contribution is -2.18. The average molecular weight is 271 g/mol. The molecule has 5 heteroatoms. The molecule has 0 spiro atoms. The summed E-state index contributed by atoms with van der Waals surface area (Å²) in [6.45, 7) is 4.36. The van der Waals surface area contributed by atoms with Gasteiger partial charge in [-0.05, 0) is 37.1 Å². The number of nitrogens with zero attached hydrogens (tertiary/aromatic N) is 2. The molecule has 0 saturated carbocycles. The lowest BCUT2D eigenvalue weighted by atomic mass is 10.1. The van der Waals surface area contributed by atoms with Crippen LogP contribution in [0.2, 0.25) is 0 Å². The van der Waals surface area contributed by atoms with E-state index in [1.807, 2.05) is 38.1 Å². The van der Waals surface area contributed by atoms with Gasteiger partial charge in [-0.2, -0.15) is 0 Å². The van der Waals surface area contributed by atoms with E-state index in [9.17, 15) is 0 Å². The molecule has 104 valence electrons. The standard InChI is InChI=1S/C15H17N3O2/c1-10-5-3-7-13(11(10)2)20-9-12-6-4-8-17-14(12)15(16)18-19/h3-8,19H,9H2,1-2H3,(H2,16,18). The number of nitrogens with two attached hydrogens (primary N) is 1. The second kappa shape index (κ2) is 6.06. The topological polar surface area (TPSA) is 80.7 Å². The van der Waals surface area contributed by atoms with Gasteiger partial charge in [0.05, 0.1) is 0 Å². The normalized spacial score (nSPS) is 11.4. The van der Waals surface area contributed by atoms with Crippen LogP contribution < -0.4 is 10.5 Å². The monoisotopic (exact) mass is 271 g/mol. The van der Waals surface area contributed by atoms with Crippen molar-refractivity contribution in [3.05, 3.63) is 58.9 Å². The van der Waals surface area contributed by atoms with Crippen molar-refractivity contribution >= 4 is 5.84 Å². The molecule has 2 aromatic rings. The highest BCUT2D eigenvalue weighted by Gasteiger charge is 2.09. The molecule has 2 rings (SSSR count). The molecule has 0 aliphatic carbocycles. The molecule has 0 aliphatic rings. The predicted octanol–water partition coefficient (Wildman–Crippen LogP) is 2.37. The Labute approximate surface area is 117 Å². The SMILES string of the molecule is Cc1cccc(OCc2cccnc2C(N)=NO)c1C. The molecule has 1 aromatic heterocycles. The highest BCUT2D eigenvalue weighted by Crippen LogP contribution is 2.22. The fourth-order valence-electron chi connectivity index (χ4n) is 1.87. The van der Waals surface area contributed by atoms with Crippen molar-refractivity contribution < 1.29 is 9.94 Å². The Morgan fingerprint density at radius 1 is 1.30 bits per heavy atom. The number of amidine groups is 1. The number of hydrogen-bond donors (Lipinski definition) is 2. The van der Waals surface area contributed by atoms with E-state index in [1.165, 1.54) is 5.56 Å². The minimum Gasteiger partial charge on any atom is -0.489 e. The van der Waals surface area contributed by atoms with Gasteiger partial charge in [0.1, 0.15) is 18.1 Å². The number of rotatable bonds is 4. The number of benzene rings is 1. The summed E-state index contributed by atoms with van der Waals surface area (Å²) in [6.07, 6.45) is 1.59. The molecule has 0 amide bonds. The Bertz CT molecular complexity index is 639. The number of pyridine rings is 1. The van der Waals surface area contributed by atoms with Crippen LogP contribution in [0.5, 0.6) is 5.75 Å². The third-order valence-corrected chi connectivity index (χ3v) is 3.18. The van der Waals surface area contributed by atoms with Gasteiger partial charge in [0.25, 0.3) is 0 Å². The second-order valence-electron chi connectivity index (χ2n) is 4.48. The zero-order valence-electron chi connectivity index (χ0n) is 11.5. The Morgan fingerprint density at radius 2 is 2.10 bits per heavy atom. The Kier molecular flexibility index (Phi) is 4.20. The van der Waals surface area contributed by atoms with Gasteiger partial charge in [-0.1, -0.05) is 23.4 Å². The number of ether oxygens (including phenoxy) is 1. The lowest BCUT2D eigenvalue weighted by Gasteiger charge is -2.12. The molecule has 5 nitrogen and oxygen atoms in total. The highest BCUT2D eigenvalue weighted by molar-refractivity contribution is 5.96. The first-order valence-corrected chi connectivity index (χ1v) is 6.24. The summed E-state index contributed by atoms with van der Waals surface area (Å²) in [7, 11) is 0. The zero-order valence-corrected chi connectivity index (χ0v) is 11.5. The second-order valence-corrected chi connectivity index (χ2v) is 4.48. The van der Waals surface area contributed by atoms with Crippen LogP contribution in [0.15, 0.2) is 41.7 Å². The number of oxime groups is 1. The van der Waals surface area contributed by atoms with Gasteiger partial charge in [0, 0.05) is 11.8 Å². The first-order chi connectivity index (χ1) is 9.63. The van der Waals surface area contributed by atoms with Gasteiger partial charge in [-0.25, -0.2) is 0 Å². The molecule has 0 bridgehead atoms. The van der Waals surface area contributed by atoms with Gasteiger partial charge in [0.2, 0.25) is 0 Å². The van der Waals surface area contributed by atoms with E-state index in [-0.39, 0.29) is 5.84 Å². The van der Waals surface area contributed by atoms with Crippen molar-refractivity contribution in [1.29, 1.82) is 0 Å². The quantitative estimate of drug-likeness (QED) is 0.387. The van der Waals surface area contributed by atoms with E-state index in [0.717, 1.165) is 16.9 Å². The van der Waals surface area contributed by atoms with E-state index >= 15 is 0 Å². The van der Waals surface area contributed by atoms with Crippen LogP contribution in [-0.2, 0) is 6.61 Å². The molecule has 0 unspecified atom stereocenters. The molecule has 3 N–H and O–H groups in total. The van der Waals surface area contributed by atoms with E-state index in [0.29, 0.717) is 12.3 Å². The minimum absolute atomic E-state index is 0.0230. The summed E-state index contributed by atoms with van der Waals surface area (Å²) >= 11 is 0. The highest BCUT2D eigenvalue weighted by atomic mass is 16.5. The van der Waals surface area contributed by atoms with E-state index in [2.05, 4.69) is 10.1 Å². The summed E-state index contributed by atoms with van der Waals surface area (Å²) in [5.41, 5.74) is 9.07. The third-order valence-electron chi connectivity index (χ3n) is 3.18. The van der Waals surface area contributed by atoms with Crippen LogP contribution in [0.4, 0.5) is 0 Å². The molecule has 1 aromatic carbocycles. The van der Waals surface area contributed by atoms with E-state index in [4.69, 9.17) is 15.7 Å². The smallest absolute Gasteiger partial charge is 0.189 e. The summed E-state index contributed by atoms with van der Waals surface area (Å²) in [4.78, 5) is 4.11. The molecular weight excluding hydrogens is 254 g/mol. The molecule has 1 heterocycles. The van der Waals surface area contributed by atoms with Gasteiger partial charge >= 0.3 is 0 Å². The number of aryl methyl sites for hydroxylation is 1. The van der Waals surface area contributed by atoms with E-state index in [1.54, 1.807) is 12.3 Å². The Morgan fingerprint density at radius 3 is 2.85 bits per heavy atom. The van der Waals surface area contributed by atoms with Crippen LogP contribution >= 0.6 is 0 Å². The van der Waals surface area contributed by atoms with Gasteiger partial charge in [0.15, 0.2) is 5.84 Å². The number of hydrogen-bond acceptors (Lipinski definition) is 4. The average Bonchev–Trinajstić information content (AvgIpc) is 2.48. The minimum atomic E-state index is -0.0230. The maximum absolute atomic E-state index is 8.76. The Hall–Kier alpha value is -2.56. The van der Waals surface area contributed by atoms with Crippen LogP contribution in [0, 0.1) is 13.8 Å². The van der Waals surface area contributed by atoms with Crippen molar-refractivity contribution in [2.45, 2.75) is 20.5 Å². The molecule has 0 saturated heterocycles. The predicted molar refractivity (Wildman–Crippen MR) is 77.0 cm³/mol. The molecule has 0 atom stereocenters. The lowest BCUT2D eigenvalue weighted by molar-refractivity contribution is 0.302. The molecule has 20 heavy (non-hydrogen) atoms. The van der Waals surface area contributed by atoms with Gasteiger partial charge in [-0.3, -0.25) is 4.98 Å². The maximum atomic E-state index is 8.76. The maximum Gasteiger partial charge on any atom is 0.189 e. The first kappa shape index (κ1) is 13.9. The van der Waals surface area contributed by atoms with Crippen LogP contribution in [0.3, 0.4) is 0 Å². The largest absolute Gasteiger partial charge is 0.489 e. The summed E-state index contributed by atoms with van der Waals surface area (Å²) in [5.74, 6) is 0.796. The van der Waals surface area contributed by atoms with Crippen molar-refractivity contribution in [2.24, 2.45) is 10.9 Å². The molecule has 0 fully saturated rings. The van der Waals surface area contributed by atoms with Crippen molar-refractivity contribution in [3.63, 3.8) is 0 Å². The van der Waals surface area contributed by atoms with Crippen LogP contribution in [-0.4, -0.2) is 16.0 Å². The first-order valence-electron chi connectivity index (χ1n) is 6.24. The fourth-order valence-corrected chi connectivity index (χ4v) is 1.87. The summed E-state index contributed by atoms with van der Waals surface area (Å²) in [6, 6.07) is 9.53. The van der Waals surface area contributed by atoms with Crippen LogP contribution in [0.1, 0.15) is 22.4 Å². The van der Waals surface area contributed by atoms with Crippen molar-refractivity contribution in [2.75, 3.05) is 0 Å². The van der Waals surface area contributed by atoms with E-state index < -0.39 is 0 Å². The molecular formula is C15H17N3O2. The van der Waals surface area contributed by atoms with Gasteiger partial charge in [-0.15, -0.1) is 0 Å². The number of aromatic nitrogens is 1. The summed E-state index contributed by atoms with van der Waals surface area (Å²) in [5, 5.41) is 11.7. The van der Waals surface area contributed by atoms with Crippen molar-refractivity contribution in [1.82, 2.24) is 4.98 Å². The summed E-state index contributed by atoms with van der Waals surface area (Å²) < 4.78 is 5.81. The van der Waals surface area contributed by atoms with Crippen molar-refractivity contribution in [3.8, 4) is 5.75 Å². The Balaban J connectivity index is 2.21. The fraction of sp³-hybridized carbons (Fsp3) is 0.200. The molecule has 0 radical (unpaired) electrons. The van der Waals surface area contributed by atoms with Crippen LogP contribution in [0.25, 0.3) is 0 Å².